The highest BCUT2D eigenvalue weighted by molar-refractivity contribution is 7.27. The number of fused-ring (bicyclic) bond motifs is 5. The van der Waals surface area contributed by atoms with Gasteiger partial charge in [0.05, 0.1) is 0 Å². The van der Waals surface area contributed by atoms with Crippen LogP contribution in [0.1, 0.15) is 0 Å². The van der Waals surface area contributed by atoms with Crippen molar-refractivity contribution in [3.05, 3.63) is 188 Å². The second kappa shape index (κ2) is 13.1. The fourth-order valence-electron chi connectivity index (χ4n) is 7.30. The average molecular weight is 694 g/mol. The average Bonchev–Trinajstić information content (AvgIpc) is 3.65. The second-order valence-electron chi connectivity index (χ2n) is 13.2. The van der Waals surface area contributed by atoms with Crippen LogP contribution >= 0.6 is 11.3 Å². The molecule has 0 unspecified atom stereocenters. The Kier molecular flexibility index (Phi) is 7.67. The Morgan fingerprint density at radius 2 is 0.755 bits per heavy atom. The van der Waals surface area contributed by atoms with Crippen molar-refractivity contribution in [2.45, 2.75) is 0 Å². The van der Waals surface area contributed by atoms with Crippen molar-refractivity contribution < 1.29 is 0 Å². The van der Waals surface area contributed by atoms with E-state index < -0.39 is 0 Å². The third-order valence-corrected chi connectivity index (χ3v) is 11.2. The van der Waals surface area contributed by atoms with E-state index in [2.05, 4.69) is 152 Å². The zero-order valence-corrected chi connectivity index (χ0v) is 29.5. The summed E-state index contributed by atoms with van der Waals surface area (Å²) in [6.45, 7) is 0. The van der Waals surface area contributed by atoms with E-state index in [0.717, 1.165) is 16.7 Å². The molecule has 0 atom stereocenters. The van der Waals surface area contributed by atoms with Gasteiger partial charge in [0.15, 0.2) is 17.5 Å². The monoisotopic (exact) mass is 693 g/mol. The lowest BCUT2D eigenvalue weighted by molar-refractivity contribution is 1.08. The van der Waals surface area contributed by atoms with Gasteiger partial charge in [-0.05, 0) is 50.7 Å². The third kappa shape index (κ3) is 5.66. The maximum atomic E-state index is 5.11. The van der Waals surface area contributed by atoms with Crippen LogP contribution in [0, 0.1) is 0 Å². The van der Waals surface area contributed by atoms with Crippen LogP contribution in [-0.4, -0.2) is 15.0 Å². The minimum Gasteiger partial charge on any atom is -0.208 e. The van der Waals surface area contributed by atoms with Gasteiger partial charge in [-0.3, -0.25) is 0 Å². The van der Waals surface area contributed by atoms with E-state index in [1.807, 2.05) is 47.7 Å². The van der Waals surface area contributed by atoms with Crippen LogP contribution in [0.4, 0.5) is 0 Å². The highest BCUT2D eigenvalue weighted by Crippen LogP contribution is 2.47. The summed E-state index contributed by atoms with van der Waals surface area (Å²) in [6.07, 6.45) is 0. The summed E-state index contributed by atoms with van der Waals surface area (Å²) in [4.78, 5) is 15.2. The number of hydrogen-bond donors (Lipinski definition) is 0. The molecule has 0 aliphatic rings. The van der Waals surface area contributed by atoms with Crippen molar-refractivity contribution in [2.75, 3.05) is 0 Å². The van der Waals surface area contributed by atoms with Crippen molar-refractivity contribution in [3.63, 3.8) is 0 Å². The number of rotatable bonds is 6. The Morgan fingerprint density at radius 1 is 0.302 bits per heavy atom. The lowest BCUT2D eigenvalue weighted by Crippen LogP contribution is -2.00. The highest BCUT2D eigenvalue weighted by Gasteiger charge is 2.20. The summed E-state index contributed by atoms with van der Waals surface area (Å²) in [7, 11) is 0. The molecule has 10 aromatic rings. The van der Waals surface area contributed by atoms with E-state index in [1.165, 1.54) is 64.3 Å². The molecular weight excluding hydrogens is 663 g/mol. The molecule has 0 aliphatic heterocycles. The molecule has 0 N–H and O–H groups in total. The van der Waals surface area contributed by atoms with Gasteiger partial charge in [-0.25, -0.2) is 15.0 Å². The molecular formula is C49H31N3S. The lowest BCUT2D eigenvalue weighted by atomic mass is 9.94. The van der Waals surface area contributed by atoms with Crippen LogP contribution in [0.25, 0.3) is 98.5 Å². The van der Waals surface area contributed by atoms with Gasteiger partial charge in [0, 0.05) is 42.4 Å². The van der Waals surface area contributed by atoms with Crippen molar-refractivity contribution in [1.82, 2.24) is 15.0 Å². The summed E-state index contributed by atoms with van der Waals surface area (Å²) in [5, 5.41) is 4.94. The molecule has 2 aromatic heterocycles. The Morgan fingerprint density at radius 3 is 1.34 bits per heavy atom. The Labute approximate surface area is 311 Å². The van der Waals surface area contributed by atoms with E-state index in [0.29, 0.717) is 17.5 Å². The molecule has 0 fully saturated rings. The molecule has 0 saturated carbocycles. The smallest absolute Gasteiger partial charge is 0.165 e. The molecule has 0 radical (unpaired) electrons. The fourth-order valence-corrected chi connectivity index (χ4v) is 8.66. The molecule has 4 heteroatoms. The summed E-state index contributed by atoms with van der Waals surface area (Å²) in [5.74, 6) is 1.99. The van der Waals surface area contributed by atoms with Crippen molar-refractivity contribution in [2.24, 2.45) is 0 Å². The third-order valence-electron chi connectivity index (χ3n) is 9.95. The molecule has 10 rings (SSSR count). The maximum Gasteiger partial charge on any atom is 0.165 e. The predicted molar refractivity (Wildman–Crippen MR) is 223 cm³/mol. The van der Waals surface area contributed by atoms with E-state index in [9.17, 15) is 0 Å². The van der Waals surface area contributed by atoms with E-state index >= 15 is 0 Å². The SMILES string of the molecule is c1ccc(-c2ccc(-c3ccc(-c4cc5ccccc5c5c4sc4c(-c6nc(-c7ccccc7)nc(-c7ccccc7)n6)cccc45)cc3)cc2)cc1. The first-order valence-electron chi connectivity index (χ1n) is 17.8. The van der Waals surface area contributed by atoms with Crippen LogP contribution in [0.3, 0.4) is 0 Å². The fraction of sp³-hybridized carbons (Fsp3) is 0. The first-order valence-corrected chi connectivity index (χ1v) is 18.6. The van der Waals surface area contributed by atoms with E-state index in [4.69, 9.17) is 15.0 Å². The molecule has 0 aliphatic carbocycles. The summed E-state index contributed by atoms with van der Waals surface area (Å²) < 4.78 is 2.42. The normalized spacial score (nSPS) is 11.4. The van der Waals surface area contributed by atoms with Gasteiger partial charge in [0.1, 0.15) is 0 Å². The largest absolute Gasteiger partial charge is 0.208 e. The summed E-state index contributed by atoms with van der Waals surface area (Å²) in [5.41, 5.74) is 10.2. The standard InChI is InChI=1S/C49H31N3S/c1-4-13-32(14-5-1)33-23-25-34(26-24-33)35-27-29-36(30-28-35)43-31-39-19-10-11-20-40(39)44-41-21-12-22-42(45(41)53-46(43)44)49-51-47(37-15-6-2-7-16-37)50-48(52-49)38-17-8-3-9-18-38/h1-31H. The predicted octanol–water partition coefficient (Wildman–Crippen LogP) is 13.4. The first-order chi connectivity index (χ1) is 26.3. The topological polar surface area (TPSA) is 38.7 Å². The van der Waals surface area contributed by atoms with Crippen LogP contribution in [0.15, 0.2) is 188 Å². The lowest BCUT2D eigenvalue weighted by Gasteiger charge is -2.10. The van der Waals surface area contributed by atoms with Gasteiger partial charge >= 0.3 is 0 Å². The maximum absolute atomic E-state index is 5.11. The Bertz CT molecular complexity index is 2840. The van der Waals surface area contributed by atoms with Crippen LogP contribution < -0.4 is 0 Å². The van der Waals surface area contributed by atoms with E-state index in [1.54, 1.807) is 0 Å². The van der Waals surface area contributed by atoms with E-state index in [-0.39, 0.29) is 0 Å². The van der Waals surface area contributed by atoms with Gasteiger partial charge in [0.2, 0.25) is 0 Å². The summed E-state index contributed by atoms with van der Waals surface area (Å²) >= 11 is 1.82. The second-order valence-corrected chi connectivity index (χ2v) is 14.2. The Hall–Kier alpha value is -6.75. The van der Waals surface area contributed by atoms with Crippen molar-refractivity contribution in [3.8, 4) is 67.5 Å². The summed E-state index contributed by atoms with van der Waals surface area (Å²) in [6, 6.07) is 66.3. The van der Waals surface area contributed by atoms with Gasteiger partial charge in [-0.1, -0.05) is 176 Å². The minimum absolute atomic E-state index is 0.661. The van der Waals surface area contributed by atoms with Crippen molar-refractivity contribution >= 4 is 42.3 Å². The molecule has 0 saturated heterocycles. The molecule has 53 heavy (non-hydrogen) atoms. The molecule has 248 valence electrons. The molecule has 0 spiro atoms. The zero-order valence-electron chi connectivity index (χ0n) is 28.6. The van der Waals surface area contributed by atoms with Gasteiger partial charge < -0.3 is 0 Å². The van der Waals surface area contributed by atoms with Crippen LogP contribution in [0.5, 0.6) is 0 Å². The number of hydrogen-bond acceptors (Lipinski definition) is 4. The number of aromatic nitrogens is 3. The first kappa shape index (κ1) is 31.0. The molecule has 0 bridgehead atoms. The molecule has 2 heterocycles. The van der Waals surface area contributed by atoms with Crippen LogP contribution in [-0.2, 0) is 0 Å². The number of nitrogens with zero attached hydrogens (tertiary/aromatic N) is 3. The zero-order chi connectivity index (χ0) is 35.1. The van der Waals surface area contributed by atoms with Gasteiger partial charge in [-0.2, -0.15) is 0 Å². The highest BCUT2D eigenvalue weighted by atomic mass is 32.1. The van der Waals surface area contributed by atoms with Crippen molar-refractivity contribution in [1.29, 1.82) is 0 Å². The molecule has 8 aromatic carbocycles. The van der Waals surface area contributed by atoms with Gasteiger partial charge in [-0.15, -0.1) is 11.3 Å². The number of benzene rings is 8. The molecule has 0 amide bonds. The Balaban J connectivity index is 1.12. The molecule has 3 nitrogen and oxygen atoms in total. The minimum atomic E-state index is 0.661. The number of thiophene rings is 1. The quantitative estimate of drug-likeness (QED) is 0.174. The van der Waals surface area contributed by atoms with Gasteiger partial charge in [0.25, 0.3) is 0 Å². The van der Waals surface area contributed by atoms with Crippen LogP contribution in [0.2, 0.25) is 0 Å².